The molecule has 156 valence electrons. The number of nitrogens with one attached hydrogen (secondary N) is 2. The summed E-state index contributed by atoms with van der Waals surface area (Å²) >= 11 is 3.42. The van der Waals surface area contributed by atoms with E-state index in [0.29, 0.717) is 18.4 Å². The summed E-state index contributed by atoms with van der Waals surface area (Å²) in [7, 11) is 1.41. The molecule has 29 heavy (non-hydrogen) atoms. The molecule has 0 saturated carbocycles. The molecular formula is C20H24BrN3O5. The van der Waals surface area contributed by atoms with Crippen LogP contribution in [-0.4, -0.2) is 54.8 Å². The highest BCUT2D eigenvalue weighted by Crippen LogP contribution is 2.47. The number of aldehydes is 1. The van der Waals surface area contributed by atoms with Crippen LogP contribution >= 0.6 is 15.9 Å². The minimum atomic E-state index is -1.03. The molecule has 3 atom stereocenters. The zero-order chi connectivity index (χ0) is 21.3. The third-order valence-electron chi connectivity index (χ3n) is 5.43. The number of rotatable bonds is 5. The van der Waals surface area contributed by atoms with Crippen LogP contribution in [0.4, 0.5) is 10.5 Å². The van der Waals surface area contributed by atoms with Gasteiger partial charge in [0.25, 0.3) is 5.91 Å². The van der Waals surface area contributed by atoms with E-state index in [2.05, 4.69) is 26.6 Å². The Morgan fingerprint density at radius 3 is 2.79 bits per heavy atom. The Bertz CT molecular complexity index is 859. The van der Waals surface area contributed by atoms with E-state index in [9.17, 15) is 19.2 Å². The van der Waals surface area contributed by atoms with Crippen LogP contribution in [0.5, 0.6) is 0 Å². The molecule has 1 fully saturated rings. The number of carbonyl (C=O) groups is 4. The molecule has 2 heterocycles. The summed E-state index contributed by atoms with van der Waals surface area (Å²) in [5.74, 6) is -0.612. The van der Waals surface area contributed by atoms with Gasteiger partial charge in [0.1, 0.15) is 6.29 Å². The van der Waals surface area contributed by atoms with Crippen molar-refractivity contribution in [2.75, 3.05) is 18.9 Å². The van der Waals surface area contributed by atoms with E-state index in [1.807, 2.05) is 26.0 Å². The van der Waals surface area contributed by atoms with Gasteiger partial charge in [-0.2, -0.15) is 0 Å². The van der Waals surface area contributed by atoms with Gasteiger partial charge in [-0.25, -0.2) is 4.79 Å². The van der Waals surface area contributed by atoms with Crippen molar-refractivity contribution < 1.29 is 23.9 Å². The van der Waals surface area contributed by atoms with E-state index in [1.165, 1.54) is 11.9 Å². The number of nitrogens with zero attached hydrogens (tertiary/aromatic N) is 1. The number of likely N-dealkylation sites (tertiary alicyclic amines) is 1. The van der Waals surface area contributed by atoms with E-state index in [1.54, 1.807) is 6.07 Å². The fourth-order valence-electron chi connectivity index (χ4n) is 4.05. The monoisotopic (exact) mass is 465 g/mol. The van der Waals surface area contributed by atoms with E-state index in [0.717, 1.165) is 10.0 Å². The van der Waals surface area contributed by atoms with Crippen molar-refractivity contribution in [3.8, 4) is 0 Å². The highest BCUT2D eigenvalue weighted by molar-refractivity contribution is 9.10. The molecule has 2 aliphatic rings. The first-order valence-electron chi connectivity index (χ1n) is 9.47. The van der Waals surface area contributed by atoms with Gasteiger partial charge in [0, 0.05) is 23.8 Å². The Hall–Kier alpha value is -2.42. The Morgan fingerprint density at radius 1 is 1.45 bits per heavy atom. The molecule has 0 unspecified atom stereocenters. The fourth-order valence-corrected chi connectivity index (χ4v) is 4.41. The Morgan fingerprint density at radius 2 is 2.17 bits per heavy atom. The van der Waals surface area contributed by atoms with E-state index in [4.69, 9.17) is 4.74 Å². The van der Waals surface area contributed by atoms with Gasteiger partial charge < -0.3 is 25.1 Å². The number of halogens is 1. The molecule has 0 radical (unpaired) electrons. The number of hydrogen-bond acceptors (Lipinski definition) is 5. The summed E-state index contributed by atoms with van der Waals surface area (Å²) in [4.78, 5) is 51.1. The molecule has 0 aromatic heterocycles. The minimum absolute atomic E-state index is 0.0518. The van der Waals surface area contributed by atoms with Crippen molar-refractivity contribution in [1.82, 2.24) is 10.2 Å². The first-order valence-corrected chi connectivity index (χ1v) is 10.3. The van der Waals surface area contributed by atoms with Crippen LogP contribution in [0.15, 0.2) is 22.7 Å². The summed E-state index contributed by atoms with van der Waals surface area (Å²) in [6, 6.07) is 4.68. The molecule has 2 aliphatic heterocycles. The van der Waals surface area contributed by atoms with E-state index < -0.39 is 29.6 Å². The van der Waals surface area contributed by atoms with Gasteiger partial charge in [-0.3, -0.25) is 9.59 Å². The molecule has 9 heteroatoms. The number of amides is 3. The lowest BCUT2D eigenvalue weighted by Crippen LogP contribution is -2.47. The van der Waals surface area contributed by atoms with Crippen LogP contribution < -0.4 is 10.6 Å². The van der Waals surface area contributed by atoms with Crippen molar-refractivity contribution in [3.63, 3.8) is 0 Å². The van der Waals surface area contributed by atoms with Crippen molar-refractivity contribution in [1.29, 1.82) is 0 Å². The number of benzene rings is 1. The normalized spacial score (nSPS) is 23.7. The zero-order valence-electron chi connectivity index (χ0n) is 16.5. The SMILES string of the molecule is CNC(=O)O[C@@H](CC(C)C)C(=O)N1C[C@]2(C[C@H]1C=O)C(=O)Nc1ccc(Br)cc12. The molecule has 3 rings (SSSR count). The zero-order valence-corrected chi connectivity index (χ0v) is 18.1. The molecule has 1 aromatic rings. The maximum Gasteiger partial charge on any atom is 0.407 e. The van der Waals surface area contributed by atoms with E-state index >= 15 is 0 Å². The Kier molecular flexibility index (Phi) is 5.97. The maximum absolute atomic E-state index is 13.2. The summed E-state index contributed by atoms with van der Waals surface area (Å²) in [5, 5.41) is 5.20. The van der Waals surface area contributed by atoms with Gasteiger partial charge in [-0.15, -0.1) is 0 Å². The summed E-state index contributed by atoms with van der Waals surface area (Å²) in [6.45, 7) is 3.87. The van der Waals surface area contributed by atoms with E-state index in [-0.39, 0.29) is 24.8 Å². The van der Waals surface area contributed by atoms with Crippen molar-refractivity contribution in [3.05, 3.63) is 28.2 Å². The quantitative estimate of drug-likeness (QED) is 0.648. The summed E-state index contributed by atoms with van der Waals surface area (Å²) < 4.78 is 6.08. The third kappa shape index (κ3) is 3.88. The van der Waals surface area contributed by atoms with Gasteiger partial charge in [0.15, 0.2) is 6.10 Å². The molecule has 0 bridgehead atoms. The van der Waals surface area contributed by atoms with Crippen LogP contribution in [0, 0.1) is 5.92 Å². The Balaban J connectivity index is 1.93. The van der Waals surface area contributed by atoms with Gasteiger partial charge in [0.2, 0.25) is 5.91 Å². The number of alkyl carbamates (subject to hydrolysis) is 1. The van der Waals surface area contributed by atoms with Crippen molar-refractivity contribution in [2.45, 2.75) is 44.2 Å². The first kappa shape index (κ1) is 21.3. The molecule has 1 spiro atoms. The molecule has 2 N–H and O–H groups in total. The van der Waals surface area contributed by atoms with Crippen LogP contribution in [0.3, 0.4) is 0 Å². The average molecular weight is 466 g/mol. The number of anilines is 1. The number of carbonyl (C=O) groups excluding carboxylic acids is 4. The minimum Gasteiger partial charge on any atom is -0.436 e. The number of fused-ring (bicyclic) bond motifs is 2. The van der Waals surface area contributed by atoms with Crippen LogP contribution in [0.2, 0.25) is 0 Å². The second kappa shape index (κ2) is 8.14. The predicted octanol–water partition coefficient (Wildman–Crippen LogP) is 2.21. The second-order valence-electron chi connectivity index (χ2n) is 7.87. The standard InChI is InChI=1S/C20H24BrN3O5/c1-11(2)6-16(29-19(28)22-3)17(26)24-10-20(8-13(24)9-25)14-7-12(21)4-5-15(14)23-18(20)27/h4-5,7,9,11,13,16H,6,8,10H2,1-3H3,(H,22,28)(H,23,27)/t13-,16-,20-/m0/s1. The molecular weight excluding hydrogens is 442 g/mol. The third-order valence-corrected chi connectivity index (χ3v) is 5.93. The molecule has 0 aliphatic carbocycles. The molecule has 1 saturated heterocycles. The van der Waals surface area contributed by atoms with Crippen LogP contribution in [-0.2, 0) is 24.5 Å². The second-order valence-corrected chi connectivity index (χ2v) is 8.79. The van der Waals surface area contributed by atoms with Crippen LogP contribution in [0.1, 0.15) is 32.3 Å². The number of hydrogen-bond donors (Lipinski definition) is 2. The van der Waals surface area contributed by atoms with Gasteiger partial charge in [-0.05, 0) is 42.5 Å². The molecule has 1 aromatic carbocycles. The topological polar surface area (TPSA) is 105 Å². The van der Waals surface area contributed by atoms with Gasteiger partial charge >= 0.3 is 6.09 Å². The van der Waals surface area contributed by atoms with Crippen LogP contribution in [0.25, 0.3) is 0 Å². The smallest absolute Gasteiger partial charge is 0.407 e. The predicted molar refractivity (Wildman–Crippen MR) is 109 cm³/mol. The lowest BCUT2D eigenvalue weighted by Gasteiger charge is -2.28. The largest absolute Gasteiger partial charge is 0.436 e. The molecule has 8 nitrogen and oxygen atoms in total. The lowest BCUT2D eigenvalue weighted by atomic mass is 9.80. The molecule has 3 amide bonds. The summed E-state index contributed by atoms with van der Waals surface area (Å²) in [5.41, 5.74) is 0.430. The summed E-state index contributed by atoms with van der Waals surface area (Å²) in [6.07, 6.45) is -0.559. The fraction of sp³-hybridized carbons (Fsp3) is 0.500. The highest BCUT2D eigenvalue weighted by Gasteiger charge is 2.56. The van der Waals surface area contributed by atoms with Gasteiger partial charge in [0.05, 0.1) is 11.5 Å². The maximum atomic E-state index is 13.2. The van der Waals surface area contributed by atoms with Crippen molar-refractivity contribution >= 4 is 45.8 Å². The lowest BCUT2D eigenvalue weighted by molar-refractivity contribution is -0.143. The Labute approximate surface area is 177 Å². The van der Waals surface area contributed by atoms with Crippen molar-refractivity contribution in [2.24, 2.45) is 5.92 Å². The highest BCUT2D eigenvalue weighted by atomic mass is 79.9. The average Bonchev–Trinajstić information content (AvgIpc) is 3.19. The van der Waals surface area contributed by atoms with Gasteiger partial charge in [-0.1, -0.05) is 29.8 Å². The number of ether oxygens (including phenoxy) is 1. The first-order chi connectivity index (χ1) is 13.7.